The molecular formula is C22H24F2N4OS. The summed E-state index contributed by atoms with van der Waals surface area (Å²) in [7, 11) is 0. The second-order valence-corrected chi connectivity index (χ2v) is 8.42. The van der Waals surface area contributed by atoms with E-state index in [4.69, 9.17) is 0 Å². The minimum Gasteiger partial charge on any atom is -0.352 e. The molecule has 0 unspecified atom stereocenters. The van der Waals surface area contributed by atoms with Crippen LogP contribution >= 0.6 is 11.7 Å². The highest BCUT2D eigenvalue weighted by molar-refractivity contribution is 7.00. The van der Waals surface area contributed by atoms with Crippen molar-refractivity contribution in [3.63, 3.8) is 0 Å². The molecule has 1 N–H and O–H groups in total. The molecule has 0 spiro atoms. The van der Waals surface area contributed by atoms with Gasteiger partial charge in [0.15, 0.2) is 11.6 Å². The highest BCUT2D eigenvalue weighted by atomic mass is 32.1. The van der Waals surface area contributed by atoms with Gasteiger partial charge < -0.3 is 5.32 Å². The summed E-state index contributed by atoms with van der Waals surface area (Å²) in [4.78, 5) is 14.6. The first-order valence-corrected chi connectivity index (χ1v) is 10.9. The molecule has 0 bridgehead atoms. The minimum absolute atomic E-state index is 0.0571. The summed E-state index contributed by atoms with van der Waals surface area (Å²) in [6.07, 6.45) is 3.53. The number of hydrogen-bond acceptors (Lipinski definition) is 5. The SMILES string of the molecule is O=C(CC[C@H]1CCCN(Cc2ccc3nsnc3c2)C1)NCc1ccc(F)c(F)c1. The number of hydrogen-bond donors (Lipinski definition) is 1. The zero-order chi connectivity index (χ0) is 20.9. The van der Waals surface area contributed by atoms with Gasteiger partial charge in [0, 0.05) is 26.1 Å². The number of rotatable bonds is 7. The fraction of sp³-hybridized carbons (Fsp3) is 0.409. The predicted octanol–water partition coefficient (Wildman–Crippen LogP) is 4.28. The van der Waals surface area contributed by atoms with E-state index in [9.17, 15) is 13.6 Å². The molecule has 1 aliphatic heterocycles. The van der Waals surface area contributed by atoms with Gasteiger partial charge in [-0.15, -0.1) is 0 Å². The quantitative estimate of drug-likeness (QED) is 0.608. The van der Waals surface area contributed by atoms with Crippen LogP contribution in [0.5, 0.6) is 0 Å². The van der Waals surface area contributed by atoms with E-state index in [-0.39, 0.29) is 12.5 Å². The van der Waals surface area contributed by atoms with E-state index in [2.05, 4.69) is 31.1 Å². The Morgan fingerprint density at radius 2 is 1.93 bits per heavy atom. The number of piperidine rings is 1. The predicted molar refractivity (Wildman–Crippen MR) is 113 cm³/mol. The van der Waals surface area contributed by atoms with Crippen molar-refractivity contribution in [3.8, 4) is 0 Å². The molecule has 0 radical (unpaired) electrons. The smallest absolute Gasteiger partial charge is 0.220 e. The Bertz CT molecular complexity index is 1030. The number of fused-ring (bicyclic) bond motifs is 1. The Balaban J connectivity index is 1.22. The molecule has 0 aliphatic carbocycles. The molecule has 4 rings (SSSR count). The maximum absolute atomic E-state index is 13.2. The Labute approximate surface area is 178 Å². The Morgan fingerprint density at radius 3 is 2.80 bits per heavy atom. The lowest BCUT2D eigenvalue weighted by molar-refractivity contribution is -0.121. The summed E-state index contributed by atoms with van der Waals surface area (Å²) >= 11 is 1.23. The highest BCUT2D eigenvalue weighted by Gasteiger charge is 2.21. The summed E-state index contributed by atoms with van der Waals surface area (Å²) in [5, 5.41) is 2.80. The molecule has 1 atom stereocenters. The van der Waals surface area contributed by atoms with Crippen LogP contribution in [0.25, 0.3) is 11.0 Å². The first kappa shape index (κ1) is 20.8. The van der Waals surface area contributed by atoms with Crippen molar-refractivity contribution < 1.29 is 13.6 Å². The fourth-order valence-electron chi connectivity index (χ4n) is 3.99. The molecule has 2 heterocycles. The third-order valence-corrected chi connectivity index (χ3v) is 6.14. The summed E-state index contributed by atoms with van der Waals surface area (Å²) in [6, 6.07) is 9.92. The summed E-state index contributed by atoms with van der Waals surface area (Å²) < 4.78 is 34.8. The van der Waals surface area contributed by atoms with Crippen molar-refractivity contribution in [1.29, 1.82) is 0 Å². The lowest BCUT2D eigenvalue weighted by atomic mass is 9.93. The zero-order valence-electron chi connectivity index (χ0n) is 16.6. The lowest BCUT2D eigenvalue weighted by Crippen LogP contribution is -2.35. The number of aromatic nitrogens is 2. The molecule has 1 saturated heterocycles. The molecule has 1 aromatic heterocycles. The number of halogens is 2. The molecular weight excluding hydrogens is 406 g/mol. The van der Waals surface area contributed by atoms with E-state index in [1.807, 2.05) is 6.07 Å². The van der Waals surface area contributed by atoms with E-state index in [1.54, 1.807) is 0 Å². The first-order chi connectivity index (χ1) is 14.6. The molecule has 0 saturated carbocycles. The second kappa shape index (κ2) is 9.57. The van der Waals surface area contributed by atoms with Gasteiger partial charge in [0.25, 0.3) is 0 Å². The van der Waals surface area contributed by atoms with Gasteiger partial charge in [0.1, 0.15) is 11.0 Å². The van der Waals surface area contributed by atoms with Crippen molar-refractivity contribution in [3.05, 3.63) is 59.2 Å². The van der Waals surface area contributed by atoms with E-state index >= 15 is 0 Å². The largest absolute Gasteiger partial charge is 0.352 e. The standard InChI is InChI=1S/C22H24F2N4OS/c23-18-6-3-16(10-19(18)24)12-25-22(29)8-5-15-2-1-9-28(13-15)14-17-4-7-20-21(11-17)27-30-26-20/h3-4,6-7,10-11,15H,1-2,5,8-9,12-14H2,(H,25,29)/t15-/m1/s1. The number of benzene rings is 2. The lowest BCUT2D eigenvalue weighted by Gasteiger charge is -2.32. The maximum atomic E-state index is 13.2. The highest BCUT2D eigenvalue weighted by Crippen LogP contribution is 2.23. The Morgan fingerprint density at radius 1 is 1.10 bits per heavy atom. The van der Waals surface area contributed by atoms with Gasteiger partial charge >= 0.3 is 0 Å². The van der Waals surface area contributed by atoms with Crippen LogP contribution in [0.3, 0.4) is 0 Å². The van der Waals surface area contributed by atoms with E-state index in [0.29, 0.717) is 17.9 Å². The Kier molecular flexibility index (Phi) is 6.64. The van der Waals surface area contributed by atoms with Crippen LogP contribution in [-0.2, 0) is 17.9 Å². The summed E-state index contributed by atoms with van der Waals surface area (Å²) in [6.45, 7) is 3.13. The Hall–Kier alpha value is -2.45. The number of nitrogens with zero attached hydrogens (tertiary/aromatic N) is 3. The zero-order valence-corrected chi connectivity index (χ0v) is 17.4. The molecule has 5 nitrogen and oxygen atoms in total. The van der Waals surface area contributed by atoms with Crippen LogP contribution in [-0.4, -0.2) is 32.6 Å². The van der Waals surface area contributed by atoms with Crippen molar-refractivity contribution >= 4 is 28.7 Å². The molecule has 1 aliphatic rings. The third kappa shape index (κ3) is 5.37. The van der Waals surface area contributed by atoms with Crippen molar-refractivity contribution in [2.75, 3.05) is 13.1 Å². The molecule has 3 aromatic rings. The summed E-state index contributed by atoms with van der Waals surface area (Å²) in [5.74, 6) is -1.35. The average molecular weight is 431 g/mol. The van der Waals surface area contributed by atoms with Gasteiger partial charge in [0.05, 0.1) is 11.7 Å². The van der Waals surface area contributed by atoms with Crippen LogP contribution in [0.4, 0.5) is 8.78 Å². The number of carbonyl (C=O) groups is 1. The van der Waals surface area contributed by atoms with Gasteiger partial charge in [0.2, 0.25) is 5.91 Å². The number of nitrogens with one attached hydrogen (secondary N) is 1. The number of likely N-dealkylation sites (tertiary alicyclic amines) is 1. The second-order valence-electron chi connectivity index (χ2n) is 7.89. The van der Waals surface area contributed by atoms with E-state index in [0.717, 1.165) is 62.1 Å². The van der Waals surface area contributed by atoms with Crippen molar-refractivity contribution in [2.45, 2.75) is 38.8 Å². The van der Waals surface area contributed by atoms with Gasteiger partial charge in [-0.2, -0.15) is 8.75 Å². The van der Waals surface area contributed by atoms with E-state index in [1.165, 1.54) is 23.4 Å². The van der Waals surface area contributed by atoms with Crippen LogP contribution in [0.2, 0.25) is 0 Å². The van der Waals surface area contributed by atoms with Crippen LogP contribution in [0, 0.1) is 17.6 Å². The van der Waals surface area contributed by atoms with Gasteiger partial charge in [-0.25, -0.2) is 8.78 Å². The molecule has 2 aromatic carbocycles. The topological polar surface area (TPSA) is 58.1 Å². The van der Waals surface area contributed by atoms with Crippen LogP contribution in [0.15, 0.2) is 36.4 Å². The van der Waals surface area contributed by atoms with Crippen molar-refractivity contribution in [1.82, 2.24) is 19.0 Å². The normalized spacial score (nSPS) is 17.3. The monoisotopic (exact) mass is 430 g/mol. The molecule has 158 valence electrons. The molecule has 1 amide bonds. The molecule has 30 heavy (non-hydrogen) atoms. The average Bonchev–Trinajstić information content (AvgIpc) is 3.21. The van der Waals surface area contributed by atoms with Crippen LogP contribution < -0.4 is 5.32 Å². The van der Waals surface area contributed by atoms with Gasteiger partial charge in [-0.3, -0.25) is 9.69 Å². The third-order valence-electron chi connectivity index (χ3n) is 5.58. The maximum Gasteiger partial charge on any atom is 0.220 e. The van der Waals surface area contributed by atoms with Crippen LogP contribution in [0.1, 0.15) is 36.8 Å². The molecule has 1 fully saturated rings. The fourth-order valence-corrected chi connectivity index (χ4v) is 4.51. The van der Waals surface area contributed by atoms with Gasteiger partial charge in [-0.05, 0) is 67.1 Å². The first-order valence-electron chi connectivity index (χ1n) is 10.2. The number of amides is 1. The number of carbonyl (C=O) groups excluding carboxylic acids is 1. The van der Waals surface area contributed by atoms with Crippen molar-refractivity contribution in [2.24, 2.45) is 5.92 Å². The van der Waals surface area contributed by atoms with E-state index < -0.39 is 11.6 Å². The molecule has 8 heteroatoms. The summed E-state index contributed by atoms with van der Waals surface area (Å²) in [5.41, 5.74) is 3.68. The minimum atomic E-state index is -0.894. The van der Waals surface area contributed by atoms with Gasteiger partial charge in [-0.1, -0.05) is 12.1 Å².